The van der Waals surface area contributed by atoms with Crippen LogP contribution in [0.1, 0.15) is 40.5 Å². The largest absolute Gasteiger partial charge is 0.444 e. The number of carbonyl (C=O) groups excluding carboxylic acids is 2. The van der Waals surface area contributed by atoms with Crippen molar-refractivity contribution in [3.63, 3.8) is 0 Å². The second kappa shape index (κ2) is 13.1. The van der Waals surface area contributed by atoms with E-state index in [-0.39, 0.29) is 41.9 Å². The van der Waals surface area contributed by atoms with Crippen molar-refractivity contribution in [2.75, 3.05) is 46.8 Å². The van der Waals surface area contributed by atoms with Gasteiger partial charge < -0.3 is 26.0 Å². The van der Waals surface area contributed by atoms with E-state index in [1.165, 1.54) is 0 Å². The van der Waals surface area contributed by atoms with Gasteiger partial charge in [-0.3, -0.25) is 14.7 Å². The second-order valence-electron chi connectivity index (χ2n) is 8.58. The van der Waals surface area contributed by atoms with E-state index in [0.29, 0.717) is 25.7 Å². The normalized spacial score (nSPS) is 17.1. The lowest BCUT2D eigenvalue weighted by Gasteiger charge is -2.32. The molecule has 1 aliphatic rings. The highest BCUT2D eigenvalue weighted by molar-refractivity contribution is 14.0. The predicted molar refractivity (Wildman–Crippen MR) is 127 cm³/mol. The molecule has 0 aromatic heterocycles. The number of nitrogens with zero attached hydrogens (tertiary/aromatic N) is 3. The molecular formula is C19H39IN6O3. The number of likely N-dealkylation sites (tertiary alicyclic amines) is 1. The summed E-state index contributed by atoms with van der Waals surface area (Å²) in [5.41, 5.74) is 4.76. The standard InChI is InChI=1S/C19H38N6O3.HI/c1-14(12-24(6)18(27)28-19(2,3)4)11-22-17(21-5)23-15-7-9-25(10-8-15)13-16(20)26;/h14-15H,7-13H2,1-6H3,(H2,20,26)(H2,21,22,23);1H. The minimum absolute atomic E-state index is 0. The van der Waals surface area contributed by atoms with Crippen LogP contribution >= 0.6 is 24.0 Å². The number of primary amides is 1. The molecule has 0 radical (unpaired) electrons. The molecule has 0 spiro atoms. The molecular weight excluding hydrogens is 487 g/mol. The number of nitrogens with one attached hydrogen (secondary N) is 2. The van der Waals surface area contributed by atoms with Gasteiger partial charge in [0.25, 0.3) is 0 Å². The first kappa shape index (κ1) is 27.7. The molecule has 1 heterocycles. The summed E-state index contributed by atoms with van der Waals surface area (Å²) in [6.07, 6.45) is 1.56. The summed E-state index contributed by atoms with van der Waals surface area (Å²) in [7, 11) is 3.49. The first-order chi connectivity index (χ1) is 13.0. The topological polar surface area (TPSA) is 112 Å². The second-order valence-corrected chi connectivity index (χ2v) is 8.58. The number of hydrogen-bond acceptors (Lipinski definition) is 5. The van der Waals surface area contributed by atoms with E-state index >= 15 is 0 Å². The quantitative estimate of drug-likeness (QED) is 0.261. The molecule has 1 atom stereocenters. The summed E-state index contributed by atoms with van der Waals surface area (Å²) in [5, 5.41) is 6.76. The Balaban J connectivity index is 0.00000784. The molecule has 0 aliphatic carbocycles. The lowest BCUT2D eigenvalue weighted by Crippen LogP contribution is -2.50. The Labute approximate surface area is 192 Å². The van der Waals surface area contributed by atoms with E-state index in [1.54, 1.807) is 19.0 Å². The summed E-state index contributed by atoms with van der Waals surface area (Å²) in [6.45, 7) is 10.9. The van der Waals surface area contributed by atoms with Gasteiger partial charge in [0.2, 0.25) is 5.91 Å². The monoisotopic (exact) mass is 526 g/mol. The third kappa shape index (κ3) is 12.1. The first-order valence-electron chi connectivity index (χ1n) is 9.92. The lowest BCUT2D eigenvalue weighted by atomic mass is 10.1. The minimum Gasteiger partial charge on any atom is -0.444 e. The van der Waals surface area contributed by atoms with Crippen molar-refractivity contribution in [2.45, 2.75) is 52.2 Å². The average molecular weight is 526 g/mol. The molecule has 4 N–H and O–H groups in total. The van der Waals surface area contributed by atoms with Crippen molar-refractivity contribution >= 4 is 41.9 Å². The summed E-state index contributed by atoms with van der Waals surface area (Å²) >= 11 is 0. The number of piperidine rings is 1. The van der Waals surface area contributed by atoms with Crippen LogP contribution in [0, 0.1) is 5.92 Å². The van der Waals surface area contributed by atoms with Crippen LogP contribution in [0.15, 0.2) is 4.99 Å². The van der Waals surface area contributed by atoms with Crippen LogP contribution in [0.4, 0.5) is 4.79 Å². The molecule has 1 aliphatic heterocycles. The van der Waals surface area contributed by atoms with Crippen LogP contribution in [0.2, 0.25) is 0 Å². The number of rotatable bonds is 7. The molecule has 1 rings (SSSR count). The van der Waals surface area contributed by atoms with Gasteiger partial charge in [-0.2, -0.15) is 0 Å². The van der Waals surface area contributed by atoms with E-state index in [9.17, 15) is 9.59 Å². The molecule has 1 saturated heterocycles. The molecule has 2 amide bonds. The van der Waals surface area contributed by atoms with E-state index in [4.69, 9.17) is 10.5 Å². The molecule has 0 aromatic carbocycles. The van der Waals surface area contributed by atoms with Gasteiger partial charge in [-0.05, 0) is 39.5 Å². The van der Waals surface area contributed by atoms with Crippen LogP contribution < -0.4 is 16.4 Å². The van der Waals surface area contributed by atoms with Gasteiger partial charge in [0, 0.05) is 46.3 Å². The molecule has 29 heavy (non-hydrogen) atoms. The Hall–Kier alpha value is -1.30. The van der Waals surface area contributed by atoms with Crippen molar-refractivity contribution in [3.05, 3.63) is 0 Å². The maximum absolute atomic E-state index is 12.1. The van der Waals surface area contributed by atoms with Gasteiger partial charge >= 0.3 is 6.09 Å². The van der Waals surface area contributed by atoms with Crippen molar-refractivity contribution in [3.8, 4) is 0 Å². The highest BCUT2D eigenvalue weighted by atomic mass is 127. The molecule has 0 bridgehead atoms. The molecule has 0 aromatic rings. The Kier molecular flexibility index (Phi) is 12.5. The molecule has 10 heteroatoms. The lowest BCUT2D eigenvalue weighted by molar-refractivity contribution is -0.119. The van der Waals surface area contributed by atoms with E-state index < -0.39 is 5.60 Å². The van der Waals surface area contributed by atoms with E-state index in [1.807, 2.05) is 20.8 Å². The van der Waals surface area contributed by atoms with Gasteiger partial charge in [0.05, 0.1) is 6.54 Å². The predicted octanol–water partition coefficient (Wildman–Crippen LogP) is 1.22. The third-order valence-corrected chi connectivity index (χ3v) is 4.44. The van der Waals surface area contributed by atoms with Crippen molar-refractivity contribution in [1.82, 2.24) is 20.4 Å². The fourth-order valence-corrected chi connectivity index (χ4v) is 3.06. The first-order valence-corrected chi connectivity index (χ1v) is 9.92. The average Bonchev–Trinajstić information content (AvgIpc) is 2.58. The summed E-state index contributed by atoms with van der Waals surface area (Å²) < 4.78 is 5.38. The zero-order valence-electron chi connectivity index (χ0n) is 18.7. The molecule has 1 unspecified atom stereocenters. The van der Waals surface area contributed by atoms with Crippen molar-refractivity contribution in [1.29, 1.82) is 0 Å². The van der Waals surface area contributed by atoms with E-state index in [0.717, 1.165) is 31.9 Å². The van der Waals surface area contributed by atoms with Gasteiger partial charge in [-0.25, -0.2) is 4.79 Å². The maximum atomic E-state index is 12.1. The smallest absolute Gasteiger partial charge is 0.410 e. The van der Waals surface area contributed by atoms with Gasteiger partial charge in [-0.15, -0.1) is 24.0 Å². The van der Waals surface area contributed by atoms with Crippen LogP contribution in [0.3, 0.4) is 0 Å². The zero-order valence-corrected chi connectivity index (χ0v) is 21.0. The van der Waals surface area contributed by atoms with Crippen molar-refractivity contribution in [2.24, 2.45) is 16.6 Å². The number of guanidine groups is 1. The van der Waals surface area contributed by atoms with Gasteiger partial charge in [0.1, 0.15) is 5.60 Å². The zero-order chi connectivity index (χ0) is 21.3. The van der Waals surface area contributed by atoms with Crippen LogP contribution in [-0.4, -0.2) is 86.2 Å². The van der Waals surface area contributed by atoms with Crippen LogP contribution in [0.5, 0.6) is 0 Å². The Morgan fingerprint density at radius 1 is 1.31 bits per heavy atom. The summed E-state index contributed by atoms with van der Waals surface area (Å²) in [4.78, 5) is 31.0. The number of hydrogen-bond donors (Lipinski definition) is 3. The Bertz CT molecular complexity index is 545. The summed E-state index contributed by atoms with van der Waals surface area (Å²) in [6, 6.07) is 0.315. The number of amides is 2. The number of nitrogens with two attached hydrogens (primary N) is 1. The fourth-order valence-electron chi connectivity index (χ4n) is 3.06. The van der Waals surface area contributed by atoms with Crippen LogP contribution in [-0.2, 0) is 9.53 Å². The van der Waals surface area contributed by atoms with Gasteiger partial charge in [0.15, 0.2) is 5.96 Å². The van der Waals surface area contributed by atoms with Crippen molar-refractivity contribution < 1.29 is 14.3 Å². The highest BCUT2D eigenvalue weighted by Gasteiger charge is 2.22. The number of aliphatic imine (C=N–C) groups is 1. The number of halogens is 1. The fraction of sp³-hybridized carbons (Fsp3) is 0.842. The van der Waals surface area contributed by atoms with E-state index in [2.05, 4.69) is 27.4 Å². The molecule has 9 nitrogen and oxygen atoms in total. The third-order valence-electron chi connectivity index (χ3n) is 4.44. The SMILES string of the molecule is CN=C(NCC(C)CN(C)C(=O)OC(C)(C)C)NC1CCN(CC(N)=O)CC1.I. The van der Waals surface area contributed by atoms with Gasteiger partial charge in [-0.1, -0.05) is 6.92 Å². The highest BCUT2D eigenvalue weighted by Crippen LogP contribution is 2.11. The Morgan fingerprint density at radius 2 is 1.90 bits per heavy atom. The number of ether oxygens (including phenoxy) is 1. The maximum Gasteiger partial charge on any atom is 0.410 e. The summed E-state index contributed by atoms with van der Waals surface area (Å²) in [5.74, 6) is 0.697. The molecule has 170 valence electrons. The molecule has 1 fully saturated rings. The Morgan fingerprint density at radius 3 is 2.38 bits per heavy atom. The molecule has 0 saturated carbocycles. The minimum atomic E-state index is -0.494. The number of carbonyl (C=O) groups is 2. The van der Waals surface area contributed by atoms with Crippen LogP contribution in [0.25, 0.3) is 0 Å².